The van der Waals surface area contributed by atoms with Crippen molar-refractivity contribution >= 4 is 11.9 Å². The van der Waals surface area contributed by atoms with E-state index in [1.54, 1.807) is 13.8 Å². The molecular weight excluding hydrogens is 456 g/mol. The number of esters is 2. The van der Waals surface area contributed by atoms with Gasteiger partial charge < -0.3 is 18.9 Å². The molecule has 0 saturated carbocycles. The maximum absolute atomic E-state index is 11.9. The number of benzene rings is 2. The first-order valence-corrected chi connectivity index (χ1v) is 12.6. The second-order valence-electron chi connectivity index (χ2n) is 11.0. The molecule has 0 N–H and O–H groups in total. The number of carbonyl (C=O) groups is 2. The van der Waals surface area contributed by atoms with Crippen LogP contribution in [0.5, 0.6) is 11.5 Å². The van der Waals surface area contributed by atoms with Gasteiger partial charge in [-0.15, -0.1) is 0 Å². The lowest BCUT2D eigenvalue weighted by atomic mass is 9.81. The van der Waals surface area contributed by atoms with Crippen LogP contribution in [-0.4, -0.2) is 38.4 Å². The van der Waals surface area contributed by atoms with Gasteiger partial charge in [-0.3, -0.25) is 0 Å². The first-order chi connectivity index (χ1) is 16.7. The van der Waals surface area contributed by atoms with Crippen LogP contribution in [0.1, 0.15) is 77.6 Å². The van der Waals surface area contributed by atoms with Crippen molar-refractivity contribution in [1.29, 1.82) is 0 Å². The molecule has 0 saturated heterocycles. The maximum Gasteiger partial charge on any atom is 0.344 e. The van der Waals surface area contributed by atoms with E-state index in [9.17, 15) is 9.59 Å². The fourth-order valence-corrected chi connectivity index (χ4v) is 4.05. The summed E-state index contributed by atoms with van der Waals surface area (Å²) in [4.78, 5) is 23.8. The Bertz CT molecular complexity index is 999. The summed E-state index contributed by atoms with van der Waals surface area (Å²) in [6, 6.07) is 8.42. The number of hydrogen-bond acceptors (Lipinski definition) is 6. The molecule has 0 heterocycles. The average Bonchev–Trinajstić information content (AvgIpc) is 2.75. The molecule has 0 aliphatic rings. The highest BCUT2D eigenvalue weighted by Gasteiger charge is 2.26. The third-order valence-electron chi connectivity index (χ3n) is 5.78. The van der Waals surface area contributed by atoms with Gasteiger partial charge in [-0.1, -0.05) is 41.5 Å². The van der Waals surface area contributed by atoms with Crippen LogP contribution in [-0.2, 0) is 29.9 Å². The molecule has 0 aromatic heterocycles. The van der Waals surface area contributed by atoms with Crippen molar-refractivity contribution in [3.8, 4) is 22.6 Å². The van der Waals surface area contributed by atoms with Crippen LogP contribution in [0.2, 0.25) is 0 Å². The zero-order valence-electron chi connectivity index (χ0n) is 23.6. The summed E-state index contributed by atoms with van der Waals surface area (Å²) in [5, 5.41) is 0. The Kier molecular flexibility index (Phi) is 9.58. The Hall–Kier alpha value is -3.02. The molecule has 0 bridgehead atoms. The van der Waals surface area contributed by atoms with Crippen LogP contribution < -0.4 is 9.47 Å². The standard InChI is InChI=1S/C30H42O6/c1-11-33-25(31)17-35-27-19(3)13-21(15-23(27)29(5,6)7)22-14-20(4)28(24(16-22)30(8,9)10)36-18-26(32)34-12-2/h13-16H,11-12,17-18H2,1-10H3. The highest BCUT2D eigenvalue weighted by molar-refractivity contribution is 5.74. The summed E-state index contributed by atoms with van der Waals surface area (Å²) in [5.41, 5.74) is 5.58. The van der Waals surface area contributed by atoms with Gasteiger partial charge in [-0.05, 0) is 85.0 Å². The Morgan fingerprint density at radius 2 is 0.972 bits per heavy atom. The Balaban J connectivity index is 2.57. The summed E-state index contributed by atoms with van der Waals surface area (Å²) in [6.45, 7) is 20.7. The Labute approximate surface area is 216 Å². The van der Waals surface area contributed by atoms with Gasteiger partial charge in [0.2, 0.25) is 0 Å². The molecule has 0 unspecified atom stereocenters. The van der Waals surface area contributed by atoms with Gasteiger partial charge in [0.05, 0.1) is 13.2 Å². The number of hydrogen-bond donors (Lipinski definition) is 0. The van der Waals surface area contributed by atoms with Crippen LogP contribution in [0.3, 0.4) is 0 Å². The van der Waals surface area contributed by atoms with Gasteiger partial charge in [-0.2, -0.15) is 0 Å². The van der Waals surface area contributed by atoms with E-state index < -0.39 is 0 Å². The minimum Gasteiger partial charge on any atom is -0.481 e. The highest BCUT2D eigenvalue weighted by Crippen LogP contribution is 2.41. The summed E-state index contributed by atoms with van der Waals surface area (Å²) >= 11 is 0. The topological polar surface area (TPSA) is 71.1 Å². The zero-order valence-corrected chi connectivity index (χ0v) is 23.6. The van der Waals surface area contributed by atoms with Gasteiger partial charge in [-0.25, -0.2) is 9.59 Å². The van der Waals surface area contributed by atoms with E-state index in [0.717, 1.165) is 33.4 Å². The normalized spacial score (nSPS) is 11.7. The fraction of sp³-hybridized carbons (Fsp3) is 0.533. The lowest BCUT2D eigenvalue weighted by Gasteiger charge is -2.27. The lowest BCUT2D eigenvalue weighted by molar-refractivity contribution is -0.146. The average molecular weight is 499 g/mol. The molecule has 36 heavy (non-hydrogen) atoms. The summed E-state index contributed by atoms with van der Waals surface area (Å²) in [6.07, 6.45) is 0. The van der Waals surface area contributed by atoms with E-state index in [1.165, 1.54) is 0 Å². The van der Waals surface area contributed by atoms with Gasteiger partial charge in [0, 0.05) is 11.1 Å². The van der Waals surface area contributed by atoms with Crippen molar-refractivity contribution in [3.05, 3.63) is 46.5 Å². The van der Waals surface area contributed by atoms with E-state index in [2.05, 4.69) is 65.8 Å². The molecular formula is C30H42O6. The first-order valence-electron chi connectivity index (χ1n) is 12.6. The number of ether oxygens (including phenoxy) is 4. The lowest BCUT2D eigenvalue weighted by Crippen LogP contribution is -2.20. The van der Waals surface area contributed by atoms with E-state index in [0.29, 0.717) is 24.7 Å². The van der Waals surface area contributed by atoms with Crippen molar-refractivity contribution in [2.24, 2.45) is 0 Å². The minimum atomic E-state index is -0.385. The Morgan fingerprint density at radius 1 is 0.639 bits per heavy atom. The maximum atomic E-state index is 11.9. The van der Waals surface area contributed by atoms with Crippen molar-refractivity contribution in [2.45, 2.75) is 80.1 Å². The number of aryl methyl sites for hydroxylation is 2. The molecule has 0 spiro atoms. The minimum absolute atomic E-state index is 0.128. The SMILES string of the molecule is CCOC(=O)COc1c(C)cc(-c2cc(C)c(OCC(=O)OCC)c(C(C)(C)C)c2)cc1C(C)(C)C. The third-order valence-corrected chi connectivity index (χ3v) is 5.78. The number of rotatable bonds is 9. The van der Waals surface area contributed by atoms with Gasteiger partial charge >= 0.3 is 11.9 Å². The van der Waals surface area contributed by atoms with Crippen LogP contribution in [0.15, 0.2) is 24.3 Å². The summed E-state index contributed by atoms with van der Waals surface area (Å²) < 4.78 is 22.0. The van der Waals surface area contributed by atoms with E-state index >= 15 is 0 Å². The van der Waals surface area contributed by atoms with Crippen LogP contribution in [0.25, 0.3) is 11.1 Å². The molecule has 2 aromatic carbocycles. The van der Waals surface area contributed by atoms with Gasteiger partial charge in [0.15, 0.2) is 13.2 Å². The second kappa shape index (κ2) is 11.8. The first kappa shape index (κ1) is 29.2. The molecule has 0 radical (unpaired) electrons. The summed E-state index contributed by atoms with van der Waals surface area (Å²) in [7, 11) is 0. The van der Waals surface area contributed by atoms with E-state index in [-0.39, 0.29) is 36.0 Å². The summed E-state index contributed by atoms with van der Waals surface area (Å²) in [5.74, 6) is 0.650. The third kappa shape index (κ3) is 7.49. The monoisotopic (exact) mass is 498 g/mol. The van der Waals surface area contributed by atoms with E-state index in [4.69, 9.17) is 18.9 Å². The quantitative estimate of drug-likeness (QED) is 0.370. The highest BCUT2D eigenvalue weighted by atomic mass is 16.6. The van der Waals surface area contributed by atoms with Gasteiger partial charge in [0.1, 0.15) is 11.5 Å². The largest absolute Gasteiger partial charge is 0.481 e. The molecule has 2 rings (SSSR count). The van der Waals surface area contributed by atoms with Crippen LogP contribution in [0, 0.1) is 13.8 Å². The molecule has 6 heteroatoms. The molecule has 0 aliphatic heterocycles. The second-order valence-corrected chi connectivity index (χ2v) is 11.0. The molecule has 2 aromatic rings. The molecule has 6 nitrogen and oxygen atoms in total. The smallest absolute Gasteiger partial charge is 0.344 e. The fourth-order valence-electron chi connectivity index (χ4n) is 4.05. The molecule has 0 fully saturated rings. The van der Waals surface area contributed by atoms with Gasteiger partial charge in [0.25, 0.3) is 0 Å². The predicted molar refractivity (Wildman–Crippen MR) is 143 cm³/mol. The molecule has 0 amide bonds. The van der Waals surface area contributed by atoms with Crippen molar-refractivity contribution < 1.29 is 28.5 Å². The molecule has 0 aliphatic carbocycles. The van der Waals surface area contributed by atoms with Crippen LogP contribution >= 0.6 is 0 Å². The van der Waals surface area contributed by atoms with Crippen LogP contribution in [0.4, 0.5) is 0 Å². The van der Waals surface area contributed by atoms with Crippen molar-refractivity contribution in [2.75, 3.05) is 26.4 Å². The molecule has 0 atom stereocenters. The predicted octanol–water partition coefficient (Wildman–Crippen LogP) is 6.45. The van der Waals surface area contributed by atoms with E-state index in [1.807, 2.05) is 13.8 Å². The van der Waals surface area contributed by atoms with Crippen molar-refractivity contribution in [3.63, 3.8) is 0 Å². The van der Waals surface area contributed by atoms with Crippen molar-refractivity contribution in [1.82, 2.24) is 0 Å². The molecule has 198 valence electrons. The number of carbonyl (C=O) groups excluding carboxylic acids is 2. The zero-order chi connectivity index (χ0) is 27.3. The Morgan fingerprint density at radius 3 is 1.25 bits per heavy atom.